The Bertz CT molecular complexity index is 351. The zero-order valence-corrected chi connectivity index (χ0v) is 14.0. The third kappa shape index (κ3) is 3.20. The molecule has 0 aliphatic heterocycles. The molecule has 0 saturated heterocycles. The lowest BCUT2D eigenvalue weighted by Gasteiger charge is -2.36. The summed E-state index contributed by atoms with van der Waals surface area (Å²) in [5, 5.41) is 0. The van der Waals surface area contributed by atoms with E-state index in [0.717, 1.165) is 24.2 Å². The quantitative estimate of drug-likeness (QED) is 0.533. The molecule has 2 fully saturated rings. The Kier molecular flexibility index (Phi) is 4.51. The van der Waals surface area contributed by atoms with Gasteiger partial charge in [0.2, 0.25) is 0 Å². The van der Waals surface area contributed by atoms with Gasteiger partial charge in [-0.25, -0.2) is 0 Å². The van der Waals surface area contributed by atoms with Crippen LogP contribution in [0.2, 0.25) is 0 Å². The average molecular weight is 280 g/mol. The first-order valence-electron chi connectivity index (χ1n) is 8.39. The van der Waals surface area contributed by atoms with E-state index in [1.54, 1.807) is 0 Å². The maximum Gasteiger partial charge on any atom is 0.312 e. The van der Waals surface area contributed by atoms with E-state index < -0.39 is 5.41 Å². The normalized spacial score (nSPS) is 29.8. The predicted octanol–water partition coefficient (Wildman–Crippen LogP) is 4.82. The number of fused-ring (bicyclic) bond motifs is 2. The summed E-state index contributed by atoms with van der Waals surface area (Å²) in [5.41, 5.74) is -0.478. The van der Waals surface area contributed by atoms with Gasteiger partial charge in [0.15, 0.2) is 0 Å². The fourth-order valence-corrected chi connectivity index (χ4v) is 3.73. The number of carbonyl (C=O) groups excluding carboxylic acids is 1. The Morgan fingerprint density at radius 3 is 2.30 bits per heavy atom. The predicted molar refractivity (Wildman–Crippen MR) is 82.4 cm³/mol. The van der Waals surface area contributed by atoms with E-state index in [2.05, 4.69) is 20.8 Å². The van der Waals surface area contributed by atoms with Crippen LogP contribution in [0.3, 0.4) is 0 Å². The van der Waals surface area contributed by atoms with Crippen LogP contribution in [0.5, 0.6) is 0 Å². The van der Waals surface area contributed by atoms with Gasteiger partial charge < -0.3 is 4.74 Å². The van der Waals surface area contributed by atoms with Gasteiger partial charge in [0.1, 0.15) is 0 Å². The van der Waals surface area contributed by atoms with Crippen molar-refractivity contribution in [1.29, 1.82) is 0 Å². The van der Waals surface area contributed by atoms with Gasteiger partial charge >= 0.3 is 5.97 Å². The van der Waals surface area contributed by atoms with E-state index in [4.69, 9.17) is 4.74 Å². The summed E-state index contributed by atoms with van der Waals surface area (Å²) in [6.07, 6.45) is 8.12. The van der Waals surface area contributed by atoms with Crippen molar-refractivity contribution in [2.45, 2.75) is 73.1 Å². The van der Waals surface area contributed by atoms with Crippen LogP contribution in [0.1, 0.15) is 73.1 Å². The minimum absolute atomic E-state index is 0.0436. The van der Waals surface area contributed by atoms with Gasteiger partial charge in [-0.3, -0.25) is 4.79 Å². The SMILES string of the molecule is CC(C)(C)C(C)(C)C(=O)OCCCC1CC2CCC1C2. The summed E-state index contributed by atoms with van der Waals surface area (Å²) in [6.45, 7) is 10.9. The molecular weight excluding hydrogens is 248 g/mol. The number of ether oxygens (including phenoxy) is 1. The number of carbonyl (C=O) groups is 1. The Morgan fingerprint density at radius 1 is 1.10 bits per heavy atom. The van der Waals surface area contributed by atoms with E-state index in [-0.39, 0.29) is 11.4 Å². The van der Waals surface area contributed by atoms with Gasteiger partial charge in [-0.05, 0) is 69.1 Å². The van der Waals surface area contributed by atoms with Gasteiger partial charge in [0.25, 0.3) is 0 Å². The minimum Gasteiger partial charge on any atom is -0.465 e. The van der Waals surface area contributed by atoms with Crippen molar-refractivity contribution in [2.24, 2.45) is 28.6 Å². The fraction of sp³-hybridized carbons (Fsp3) is 0.944. The second kappa shape index (κ2) is 5.69. The summed E-state index contributed by atoms with van der Waals surface area (Å²) in [7, 11) is 0. The van der Waals surface area contributed by atoms with Gasteiger partial charge in [-0.2, -0.15) is 0 Å². The number of rotatable bonds is 5. The highest BCUT2D eigenvalue weighted by molar-refractivity contribution is 5.76. The molecular formula is C18H32O2. The Balaban J connectivity index is 1.67. The molecule has 2 aliphatic rings. The average Bonchev–Trinajstić information content (AvgIpc) is 2.94. The Morgan fingerprint density at radius 2 is 1.80 bits per heavy atom. The second-order valence-corrected chi connectivity index (χ2v) is 8.59. The van der Waals surface area contributed by atoms with E-state index in [1.807, 2.05) is 13.8 Å². The summed E-state index contributed by atoms with van der Waals surface area (Å²) < 4.78 is 5.53. The number of esters is 1. The van der Waals surface area contributed by atoms with E-state index in [0.29, 0.717) is 6.61 Å². The van der Waals surface area contributed by atoms with Crippen LogP contribution >= 0.6 is 0 Å². The standard InChI is InChI=1S/C18H32O2/c1-17(2,3)18(4,5)16(19)20-10-6-7-14-11-13-8-9-15(14)12-13/h13-15H,6-12H2,1-5H3. The summed E-state index contributed by atoms with van der Waals surface area (Å²) in [6, 6.07) is 0. The van der Waals surface area contributed by atoms with Crippen molar-refractivity contribution < 1.29 is 9.53 Å². The molecule has 0 aromatic rings. The fourth-order valence-electron chi connectivity index (χ4n) is 3.73. The zero-order valence-electron chi connectivity index (χ0n) is 14.0. The van der Waals surface area contributed by atoms with Gasteiger partial charge in [-0.1, -0.05) is 27.2 Å². The Hall–Kier alpha value is -0.530. The van der Waals surface area contributed by atoms with Crippen LogP contribution in [-0.4, -0.2) is 12.6 Å². The highest BCUT2D eigenvalue weighted by Gasteiger charge is 2.41. The van der Waals surface area contributed by atoms with Crippen LogP contribution in [-0.2, 0) is 9.53 Å². The zero-order chi connectivity index (χ0) is 15.0. The maximum absolute atomic E-state index is 12.2. The molecule has 2 heteroatoms. The first-order valence-corrected chi connectivity index (χ1v) is 8.39. The first-order chi connectivity index (χ1) is 9.22. The van der Waals surface area contributed by atoms with Crippen LogP contribution in [0, 0.1) is 28.6 Å². The molecule has 2 saturated carbocycles. The molecule has 2 bridgehead atoms. The molecule has 0 spiro atoms. The minimum atomic E-state index is -0.417. The highest BCUT2D eigenvalue weighted by Crippen LogP contribution is 2.49. The lowest BCUT2D eigenvalue weighted by molar-refractivity contribution is -0.160. The van der Waals surface area contributed by atoms with Crippen LogP contribution in [0.15, 0.2) is 0 Å². The molecule has 0 radical (unpaired) electrons. The first kappa shape index (κ1) is 15.9. The molecule has 0 aromatic heterocycles. The van der Waals surface area contributed by atoms with Crippen molar-refractivity contribution in [1.82, 2.24) is 0 Å². The molecule has 116 valence electrons. The van der Waals surface area contributed by atoms with E-state index in [1.165, 1.54) is 32.1 Å². The van der Waals surface area contributed by atoms with Crippen molar-refractivity contribution in [2.75, 3.05) is 6.61 Å². The molecule has 2 nitrogen and oxygen atoms in total. The van der Waals surface area contributed by atoms with Gasteiger partial charge in [0, 0.05) is 0 Å². The van der Waals surface area contributed by atoms with E-state index in [9.17, 15) is 4.79 Å². The number of hydrogen-bond acceptors (Lipinski definition) is 2. The molecule has 3 atom stereocenters. The molecule has 0 amide bonds. The van der Waals surface area contributed by atoms with Crippen molar-refractivity contribution in [3.05, 3.63) is 0 Å². The van der Waals surface area contributed by atoms with Crippen molar-refractivity contribution in [3.8, 4) is 0 Å². The lowest BCUT2D eigenvalue weighted by Crippen LogP contribution is -2.39. The van der Waals surface area contributed by atoms with E-state index >= 15 is 0 Å². The molecule has 3 unspecified atom stereocenters. The molecule has 0 N–H and O–H groups in total. The maximum atomic E-state index is 12.2. The summed E-state index contributed by atoms with van der Waals surface area (Å²) in [4.78, 5) is 12.2. The van der Waals surface area contributed by atoms with Crippen molar-refractivity contribution in [3.63, 3.8) is 0 Å². The van der Waals surface area contributed by atoms with Gasteiger partial charge in [-0.15, -0.1) is 0 Å². The third-order valence-electron chi connectivity index (χ3n) is 6.22. The Labute approximate surface area is 124 Å². The molecule has 0 aromatic carbocycles. The van der Waals surface area contributed by atoms with Crippen LogP contribution < -0.4 is 0 Å². The van der Waals surface area contributed by atoms with Crippen LogP contribution in [0.4, 0.5) is 0 Å². The molecule has 2 rings (SSSR count). The highest BCUT2D eigenvalue weighted by atomic mass is 16.5. The topological polar surface area (TPSA) is 26.3 Å². The molecule has 0 heterocycles. The number of hydrogen-bond donors (Lipinski definition) is 0. The molecule has 20 heavy (non-hydrogen) atoms. The summed E-state index contributed by atoms with van der Waals surface area (Å²) >= 11 is 0. The van der Waals surface area contributed by atoms with Crippen LogP contribution in [0.25, 0.3) is 0 Å². The smallest absolute Gasteiger partial charge is 0.312 e. The monoisotopic (exact) mass is 280 g/mol. The molecule has 2 aliphatic carbocycles. The van der Waals surface area contributed by atoms with Gasteiger partial charge in [0.05, 0.1) is 12.0 Å². The largest absolute Gasteiger partial charge is 0.465 e. The lowest BCUT2D eigenvalue weighted by atomic mass is 9.69. The second-order valence-electron chi connectivity index (χ2n) is 8.59. The van der Waals surface area contributed by atoms with Crippen molar-refractivity contribution >= 4 is 5.97 Å². The third-order valence-corrected chi connectivity index (χ3v) is 6.22. The summed E-state index contributed by atoms with van der Waals surface area (Å²) in [5.74, 6) is 2.88.